The maximum atomic E-state index is 4.57. The molecule has 2 bridgehead atoms. The van der Waals surface area contributed by atoms with E-state index >= 15 is 0 Å². The van der Waals surface area contributed by atoms with E-state index in [1.807, 2.05) is 7.05 Å². The van der Waals surface area contributed by atoms with E-state index in [1.54, 1.807) is 0 Å². The molecule has 0 aromatic heterocycles. The van der Waals surface area contributed by atoms with Crippen LogP contribution in [-0.4, -0.2) is 99.2 Å². The van der Waals surface area contributed by atoms with Gasteiger partial charge in [0.2, 0.25) is 0 Å². The van der Waals surface area contributed by atoms with Gasteiger partial charge in [-0.15, -0.1) is 0 Å². The van der Waals surface area contributed by atoms with Gasteiger partial charge in [-0.25, -0.2) is 0 Å². The summed E-state index contributed by atoms with van der Waals surface area (Å²) in [5.41, 5.74) is 4.17. The van der Waals surface area contributed by atoms with Gasteiger partial charge in [-0.05, 0) is 31.0 Å². The first-order valence-corrected chi connectivity index (χ1v) is 10.4. The lowest BCUT2D eigenvalue weighted by Gasteiger charge is -2.48. The number of hydrogen-bond donors (Lipinski definition) is 1. The molecule has 1 unspecified atom stereocenters. The Morgan fingerprint density at radius 3 is 2.41 bits per heavy atom. The predicted molar refractivity (Wildman–Crippen MR) is 113 cm³/mol. The number of guanidine groups is 1. The molecule has 6 heteroatoms. The molecule has 0 aliphatic carbocycles. The number of fused-ring (bicyclic) bond motifs is 3. The van der Waals surface area contributed by atoms with E-state index < -0.39 is 0 Å². The van der Waals surface area contributed by atoms with E-state index in [-0.39, 0.29) is 0 Å². The summed E-state index contributed by atoms with van der Waals surface area (Å²) in [5, 5.41) is 3.66. The van der Waals surface area contributed by atoms with E-state index in [9.17, 15) is 0 Å². The van der Waals surface area contributed by atoms with Crippen molar-refractivity contribution in [1.29, 1.82) is 0 Å². The molecule has 4 fully saturated rings. The summed E-state index contributed by atoms with van der Waals surface area (Å²) in [5.74, 6) is 1.06. The molecule has 5 rings (SSSR count). The minimum absolute atomic E-state index is 0.625. The van der Waals surface area contributed by atoms with Gasteiger partial charge in [0.15, 0.2) is 5.96 Å². The molecule has 6 nitrogen and oxygen atoms in total. The Labute approximate surface area is 163 Å². The third kappa shape index (κ3) is 3.92. The zero-order valence-electron chi connectivity index (χ0n) is 17.1. The number of nitrogens with zero attached hydrogens (tertiary/aromatic N) is 5. The molecule has 1 aromatic carbocycles. The van der Waals surface area contributed by atoms with Gasteiger partial charge < -0.3 is 15.1 Å². The van der Waals surface area contributed by atoms with Crippen LogP contribution in [-0.2, 0) is 0 Å². The van der Waals surface area contributed by atoms with Crippen LogP contribution in [0.5, 0.6) is 0 Å². The molecular weight excluding hydrogens is 336 g/mol. The summed E-state index contributed by atoms with van der Waals surface area (Å²) >= 11 is 0. The first-order valence-electron chi connectivity index (χ1n) is 10.4. The van der Waals surface area contributed by atoms with Gasteiger partial charge in [-0.3, -0.25) is 14.8 Å². The second-order valence-corrected chi connectivity index (χ2v) is 8.11. The summed E-state index contributed by atoms with van der Waals surface area (Å²) in [6, 6.07) is 7.26. The number of benzene rings is 1. The van der Waals surface area contributed by atoms with E-state index in [4.69, 9.17) is 0 Å². The SMILES string of the molecule is CN=C(NCC1CN2CCN1CC2)N1CCN(c2cccc(C)c2C)CC1. The Morgan fingerprint density at radius 2 is 1.78 bits per heavy atom. The number of rotatable bonds is 3. The first kappa shape index (κ1) is 18.6. The number of anilines is 1. The van der Waals surface area contributed by atoms with Crippen molar-refractivity contribution in [3.05, 3.63) is 29.3 Å². The van der Waals surface area contributed by atoms with Crippen molar-refractivity contribution in [2.45, 2.75) is 19.9 Å². The van der Waals surface area contributed by atoms with Crippen LogP contribution >= 0.6 is 0 Å². The lowest BCUT2D eigenvalue weighted by molar-refractivity contribution is 0.0152. The van der Waals surface area contributed by atoms with Crippen LogP contribution in [0.25, 0.3) is 0 Å². The third-order valence-electron chi connectivity index (χ3n) is 6.60. The fourth-order valence-corrected chi connectivity index (χ4v) is 4.70. The summed E-state index contributed by atoms with van der Waals surface area (Å²) in [4.78, 5) is 14.7. The van der Waals surface area contributed by atoms with E-state index in [0.717, 1.165) is 38.7 Å². The first-order chi connectivity index (χ1) is 13.2. The highest BCUT2D eigenvalue weighted by Gasteiger charge is 2.32. The summed E-state index contributed by atoms with van der Waals surface area (Å²) < 4.78 is 0. The summed E-state index contributed by atoms with van der Waals surface area (Å²) in [6.45, 7) is 15.7. The average molecular weight is 371 g/mol. The summed E-state index contributed by atoms with van der Waals surface area (Å²) in [7, 11) is 1.91. The molecule has 27 heavy (non-hydrogen) atoms. The van der Waals surface area contributed by atoms with Gasteiger partial charge in [0.05, 0.1) is 0 Å². The normalized spacial score (nSPS) is 28.6. The molecule has 0 saturated carbocycles. The molecular formula is C21H34N6. The zero-order valence-corrected chi connectivity index (χ0v) is 17.1. The molecule has 1 aromatic rings. The maximum absolute atomic E-state index is 4.57. The van der Waals surface area contributed by atoms with Crippen LogP contribution in [0, 0.1) is 13.8 Å². The number of hydrogen-bond acceptors (Lipinski definition) is 4. The van der Waals surface area contributed by atoms with Crippen molar-refractivity contribution >= 4 is 11.6 Å². The summed E-state index contributed by atoms with van der Waals surface area (Å²) in [6.07, 6.45) is 0. The quantitative estimate of drug-likeness (QED) is 0.635. The van der Waals surface area contributed by atoms with E-state index in [2.05, 4.69) is 62.0 Å². The van der Waals surface area contributed by atoms with Crippen molar-refractivity contribution in [2.75, 3.05) is 77.4 Å². The van der Waals surface area contributed by atoms with Crippen LogP contribution < -0.4 is 10.2 Å². The zero-order chi connectivity index (χ0) is 18.8. The fourth-order valence-electron chi connectivity index (χ4n) is 4.70. The lowest BCUT2D eigenvalue weighted by atomic mass is 10.1. The standard InChI is InChI=1S/C21H34N6/c1-17-5-4-6-20(18(17)2)26-11-13-27(14-12-26)21(22-3)23-15-19-16-24-7-9-25(19)10-8-24/h4-6,19H,7-16H2,1-3H3,(H,22,23). The fraction of sp³-hybridized carbons (Fsp3) is 0.667. The Balaban J connectivity index is 1.31. The lowest BCUT2D eigenvalue weighted by Crippen LogP contribution is -2.64. The minimum Gasteiger partial charge on any atom is -0.368 e. The molecule has 148 valence electrons. The number of nitrogens with one attached hydrogen (secondary N) is 1. The van der Waals surface area contributed by atoms with Crippen LogP contribution in [0.4, 0.5) is 5.69 Å². The molecule has 4 saturated heterocycles. The molecule has 0 spiro atoms. The van der Waals surface area contributed by atoms with E-state index in [0.29, 0.717) is 6.04 Å². The van der Waals surface area contributed by atoms with Gasteiger partial charge in [0.1, 0.15) is 0 Å². The van der Waals surface area contributed by atoms with Gasteiger partial charge in [0.25, 0.3) is 0 Å². The van der Waals surface area contributed by atoms with Crippen LogP contribution in [0.1, 0.15) is 11.1 Å². The number of aryl methyl sites for hydroxylation is 1. The minimum atomic E-state index is 0.625. The molecule has 0 radical (unpaired) electrons. The van der Waals surface area contributed by atoms with Gasteiger partial charge in [-0.2, -0.15) is 0 Å². The maximum Gasteiger partial charge on any atom is 0.193 e. The van der Waals surface area contributed by atoms with Crippen LogP contribution in [0.2, 0.25) is 0 Å². The Bertz CT molecular complexity index is 671. The molecule has 0 amide bonds. The highest BCUT2D eigenvalue weighted by atomic mass is 15.4. The molecule has 1 atom stereocenters. The van der Waals surface area contributed by atoms with Crippen molar-refractivity contribution in [3.63, 3.8) is 0 Å². The largest absolute Gasteiger partial charge is 0.368 e. The Morgan fingerprint density at radius 1 is 1.04 bits per heavy atom. The second-order valence-electron chi connectivity index (χ2n) is 8.11. The topological polar surface area (TPSA) is 37.4 Å². The average Bonchev–Trinajstić information content (AvgIpc) is 2.72. The van der Waals surface area contributed by atoms with Gasteiger partial charge in [0, 0.05) is 84.2 Å². The third-order valence-corrected chi connectivity index (χ3v) is 6.60. The van der Waals surface area contributed by atoms with Crippen molar-refractivity contribution in [1.82, 2.24) is 20.0 Å². The van der Waals surface area contributed by atoms with Gasteiger partial charge >= 0.3 is 0 Å². The van der Waals surface area contributed by atoms with Gasteiger partial charge in [-0.1, -0.05) is 12.1 Å². The van der Waals surface area contributed by atoms with Crippen LogP contribution in [0.15, 0.2) is 23.2 Å². The van der Waals surface area contributed by atoms with Crippen molar-refractivity contribution in [3.8, 4) is 0 Å². The molecule has 1 N–H and O–H groups in total. The molecule has 4 aliphatic rings. The second kappa shape index (κ2) is 8.07. The number of aliphatic imine (C=N–C) groups is 1. The Hall–Kier alpha value is -1.79. The molecule has 4 aliphatic heterocycles. The number of piperazine rings is 4. The van der Waals surface area contributed by atoms with Crippen LogP contribution in [0.3, 0.4) is 0 Å². The van der Waals surface area contributed by atoms with Crippen molar-refractivity contribution in [2.24, 2.45) is 4.99 Å². The smallest absolute Gasteiger partial charge is 0.193 e. The monoisotopic (exact) mass is 370 g/mol. The predicted octanol–water partition coefficient (Wildman–Crippen LogP) is 1.00. The Kier molecular flexibility index (Phi) is 5.55. The highest BCUT2D eigenvalue weighted by molar-refractivity contribution is 5.80. The molecule has 4 heterocycles. The highest BCUT2D eigenvalue weighted by Crippen LogP contribution is 2.24. The van der Waals surface area contributed by atoms with Crippen molar-refractivity contribution < 1.29 is 0 Å². The van der Waals surface area contributed by atoms with E-state index in [1.165, 1.54) is 49.5 Å².